The van der Waals surface area contributed by atoms with Crippen molar-refractivity contribution >= 4 is 11.6 Å². The van der Waals surface area contributed by atoms with Crippen LogP contribution in [0.1, 0.15) is 24.4 Å². The van der Waals surface area contributed by atoms with Crippen LogP contribution in [0.25, 0.3) is 0 Å². The quantitative estimate of drug-likeness (QED) is 0.899. The van der Waals surface area contributed by atoms with Crippen LogP contribution in [-0.4, -0.2) is 20.2 Å². The third-order valence-electron chi connectivity index (χ3n) is 2.49. The van der Waals surface area contributed by atoms with E-state index in [1.807, 2.05) is 24.3 Å². The molecule has 1 aromatic heterocycles. The molecular formula is C11H14ClN5. The number of nitrogens with one attached hydrogen (secondary N) is 1. The highest BCUT2D eigenvalue weighted by molar-refractivity contribution is 6.30. The summed E-state index contributed by atoms with van der Waals surface area (Å²) in [6.45, 7) is 2.68. The molecule has 17 heavy (non-hydrogen) atoms. The molecule has 1 unspecified atom stereocenters. The molecule has 1 heterocycles. The average molecular weight is 252 g/mol. The smallest absolute Gasteiger partial charge is 0.188 e. The summed E-state index contributed by atoms with van der Waals surface area (Å²) in [5.41, 5.74) is 1.18. The standard InChI is InChI=1S/C11H14ClN5/c1-8(9-3-5-10(12)6-4-9)13-7-11-14-16-17(2)15-11/h3-6,8,13H,7H2,1-2H3. The van der Waals surface area contributed by atoms with Crippen LogP contribution in [0.5, 0.6) is 0 Å². The Hall–Kier alpha value is -1.46. The normalized spacial score (nSPS) is 12.6. The lowest BCUT2D eigenvalue weighted by atomic mass is 10.1. The number of halogens is 1. The second kappa shape index (κ2) is 5.25. The van der Waals surface area contributed by atoms with E-state index in [1.165, 1.54) is 10.4 Å². The first-order valence-corrected chi connectivity index (χ1v) is 5.74. The SMILES string of the molecule is CC(NCc1nnn(C)n1)c1ccc(Cl)cc1. The Bertz CT molecular complexity index is 479. The highest BCUT2D eigenvalue weighted by atomic mass is 35.5. The molecule has 1 aromatic carbocycles. The van der Waals surface area contributed by atoms with Crippen LogP contribution in [0.15, 0.2) is 24.3 Å². The van der Waals surface area contributed by atoms with Gasteiger partial charge < -0.3 is 5.32 Å². The van der Waals surface area contributed by atoms with Crippen molar-refractivity contribution in [3.63, 3.8) is 0 Å². The number of rotatable bonds is 4. The van der Waals surface area contributed by atoms with E-state index in [1.54, 1.807) is 7.05 Å². The third-order valence-corrected chi connectivity index (χ3v) is 2.74. The summed E-state index contributed by atoms with van der Waals surface area (Å²) in [4.78, 5) is 1.45. The van der Waals surface area contributed by atoms with Crippen molar-refractivity contribution in [2.75, 3.05) is 0 Å². The van der Waals surface area contributed by atoms with Gasteiger partial charge in [-0.05, 0) is 29.8 Å². The largest absolute Gasteiger partial charge is 0.303 e. The highest BCUT2D eigenvalue weighted by Gasteiger charge is 2.06. The van der Waals surface area contributed by atoms with Crippen LogP contribution in [0.2, 0.25) is 5.02 Å². The second-order valence-electron chi connectivity index (χ2n) is 3.85. The Kier molecular flexibility index (Phi) is 3.71. The fourth-order valence-electron chi connectivity index (χ4n) is 1.51. The molecule has 1 N–H and O–H groups in total. The lowest BCUT2D eigenvalue weighted by Gasteiger charge is -2.12. The highest BCUT2D eigenvalue weighted by Crippen LogP contribution is 2.16. The molecule has 0 aliphatic rings. The topological polar surface area (TPSA) is 55.6 Å². The van der Waals surface area contributed by atoms with E-state index < -0.39 is 0 Å². The van der Waals surface area contributed by atoms with Crippen molar-refractivity contribution in [1.29, 1.82) is 0 Å². The molecule has 0 saturated heterocycles. The molecule has 0 aliphatic carbocycles. The van der Waals surface area contributed by atoms with Crippen molar-refractivity contribution in [3.8, 4) is 0 Å². The molecule has 0 spiro atoms. The van der Waals surface area contributed by atoms with Crippen LogP contribution in [0.3, 0.4) is 0 Å². The van der Waals surface area contributed by atoms with Crippen molar-refractivity contribution in [2.45, 2.75) is 19.5 Å². The van der Waals surface area contributed by atoms with Gasteiger partial charge in [0.25, 0.3) is 0 Å². The number of hydrogen-bond donors (Lipinski definition) is 1. The van der Waals surface area contributed by atoms with Crippen molar-refractivity contribution in [2.24, 2.45) is 7.05 Å². The Morgan fingerprint density at radius 2 is 2.06 bits per heavy atom. The maximum absolute atomic E-state index is 5.84. The molecule has 90 valence electrons. The molecule has 1 atom stereocenters. The Labute approximate surface area is 105 Å². The van der Waals surface area contributed by atoms with Crippen LogP contribution in [0, 0.1) is 0 Å². The molecular weight excluding hydrogens is 238 g/mol. The Morgan fingerprint density at radius 3 is 2.65 bits per heavy atom. The molecule has 0 amide bonds. The zero-order valence-electron chi connectivity index (χ0n) is 9.76. The van der Waals surface area contributed by atoms with Crippen LogP contribution in [-0.2, 0) is 13.6 Å². The first-order chi connectivity index (χ1) is 8.15. The minimum absolute atomic E-state index is 0.219. The lowest BCUT2D eigenvalue weighted by Crippen LogP contribution is -2.19. The van der Waals surface area contributed by atoms with Crippen LogP contribution >= 0.6 is 11.6 Å². The van der Waals surface area contributed by atoms with E-state index in [4.69, 9.17) is 11.6 Å². The van der Waals surface area contributed by atoms with Gasteiger partial charge in [-0.3, -0.25) is 0 Å². The van der Waals surface area contributed by atoms with Gasteiger partial charge in [-0.25, -0.2) is 0 Å². The van der Waals surface area contributed by atoms with E-state index >= 15 is 0 Å². The molecule has 2 aromatic rings. The fraction of sp³-hybridized carbons (Fsp3) is 0.364. The minimum atomic E-state index is 0.219. The number of nitrogens with zero attached hydrogens (tertiary/aromatic N) is 4. The minimum Gasteiger partial charge on any atom is -0.303 e. The van der Waals surface area contributed by atoms with Gasteiger partial charge in [0.05, 0.1) is 13.6 Å². The summed E-state index contributed by atoms with van der Waals surface area (Å²) in [5, 5.41) is 15.9. The molecule has 0 aliphatic heterocycles. The molecule has 0 fully saturated rings. The molecule has 2 rings (SSSR count). The fourth-order valence-corrected chi connectivity index (χ4v) is 1.63. The summed E-state index contributed by atoms with van der Waals surface area (Å²) >= 11 is 5.84. The van der Waals surface area contributed by atoms with Gasteiger partial charge in [0.15, 0.2) is 5.82 Å². The predicted octanol–water partition coefficient (Wildman–Crippen LogP) is 1.71. The number of aryl methyl sites for hydroxylation is 1. The summed E-state index contributed by atoms with van der Waals surface area (Å²) in [6.07, 6.45) is 0. The van der Waals surface area contributed by atoms with E-state index in [-0.39, 0.29) is 6.04 Å². The molecule has 6 heteroatoms. The van der Waals surface area contributed by atoms with Crippen LogP contribution in [0.4, 0.5) is 0 Å². The van der Waals surface area contributed by atoms with E-state index in [0.717, 1.165) is 5.02 Å². The maximum Gasteiger partial charge on any atom is 0.188 e. The first kappa shape index (κ1) is 12.0. The van der Waals surface area contributed by atoms with Gasteiger partial charge in [-0.1, -0.05) is 23.7 Å². The Balaban J connectivity index is 1.93. The van der Waals surface area contributed by atoms with Gasteiger partial charge in [-0.15, -0.1) is 10.2 Å². The van der Waals surface area contributed by atoms with Gasteiger partial charge in [0.1, 0.15) is 0 Å². The molecule has 0 radical (unpaired) electrons. The summed E-state index contributed by atoms with van der Waals surface area (Å²) in [6, 6.07) is 8.00. The Morgan fingerprint density at radius 1 is 1.35 bits per heavy atom. The predicted molar refractivity (Wildman–Crippen MR) is 65.5 cm³/mol. The summed E-state index contributed by atoms with van der Waals surface area (Å²) in [7, 11) is 1.75. The maximum atomic E-state index is 5.84. The van der Waals surface area contributed by atoms with Crippen molar-refractivity contribution in [1.82, 2.24) is 25.5 Å². The number of hydrogen-bond acceptors (Lipinski definition) is 4. The average Bonchev–Trinajstić information content (AvgIpc) is 2.73. The summed E-state index contributed by atoms with van der Waals surface area (Å²) < 4.78 is 0. The second-order valence-corrected chi connectivity index (χ2v) is 4.29. The molecule has 0 bridgehead atoms. The molecule has 0 saturated carbocycles. The van der Waals surface area contributed by atoms with Gasteiger partial charge >= 0.3 is 0 Å². The number of tetrazole rings is 1. The molecule has 5 nitrogen and oxygen atoms in total. The van der Waals surface area contributed by atoms with Gasteiger partial charge in [0.2, 0.25) is 0 Å². The monoisotopic (exact) mass is 251 g/mol. The third kappa shape index (κ3) is 3.25. The zero-order chi connectivity index (χ0) is 12.3. The lowest BCUT2D eigenvalue weighted by molar-refractivity contribution is 0.555. The van der Waals surface area contributed by atoms with E-state index in [0.29, 0.717) is 12.4 Å². The van der Waals surface area contributed by atoms with Crippen molar-refractivity contribution < 1.29 is 0 Å². The summed E-state index contributed by atoms with van der Waals surface area (Å²) in [5.74, 6) is 0.688. The van der Waals surface area contributed by atoms with Gasteiger partial charge in [-0.2, -0.15) is 4.80 Å². The zero-order valence-corrected chi connectivity index (χ0v) is 10.5. The van der Waals surface area contributed by atoms with Crippen molar-refractivity contribution in [3.05, 3.63) is 40.7 Å². The van der Waals surface area contributed by atoms with E-state index in [2.05, 4.69) is 27.7 Å². The van der Waals surface area contributed by atoms with E-state index in [9.17, 15) is 0 Å². The number of benzene rings is 1. The van der Waals surface area contributed by atoms with Gasteiger partial charge in [0, 0.05) is 11.1 Å². The number of aromatic nitrogens is 4. The van der Waals surface area contributed by atoms with Crippen LogP contribution < -0.4 is 5.32 Å². The first-order valence-electron chi connectivity index (χ1n) is 5.37.